The zero-order valence-corrected chi connectivity index (χ0v) is 14.4. The third kappa shape index (κ3) is 3.98. The second-order valence-electron chi connectivity index (χ2n) is 6.82. The average molecular weight is 333 g/mol. The van der Waals surface area contributed by atoms with Gasteiger partial charge in [0.15, 0.2) is 0 Å². The van der Waals surface area contributed by atoms with E-state index in [4.69, 9.17) is 4.42 Å². The molecule has 0 aromatic carbocycles. The van der Waals surface area contributed by atoms with Crippen molar-refractivity contribution in [2.75, 3.05) is 26.2 Å². The largest absolute Gasteiger partial charge is 0.467 e. The van der Waals surface area contributed by atoms with Gasteiger partial charge in [-0.3, -0.25) is 14.5 Å². The third-order valence-electron chi connectivity index (χ3n) is 5.24. The third-order valence-corrected chi connectivity index (χ3v) is 5.24. The van der Waals surface area contributed by atoms with Gasteiger partial charge in [-0.15, -0.1) is 0 Å². The first-order valence-corrected chi connectivity index (χ1v) is 8.98. The lowest BCUT2D eigenvalue weighted by Gasteiger charge is -2.36. The fourth-order valence-corrected chi connectivity index (χ4v) is 3.64. The molecule has 0 aliphatic carbocycles. The summed E-state index contributed by atoms with van der Waals surface area (Å²) in [4.78, 5) is 29.0. The van der Waals surface area contributed by atoms with Gasteiger partial charge in [-0.2, -0.15) is 0 Å². The van der Waals surface area contributed by atoms with Crippen molar-refractivity contribution in [3.8, 4) is 0 Å². The van der Waals surface area contributed by atoms with Crippen molar-refractivity contribution >= 4 is 11.8 Å². The molecule has 0 saturated carbocycles. The van der Waals surface area contributed by atoms with E-state index in [0.717, 1.165) is 57.6 Å². The van der Waals surface area contributed by atoms with Crippen LogP contribution in [0.25, 0.3) is 0 Å². The lowest BCUT2D eigenvalue weighted by Crippen LogP contribution is -2.50. The van der Waals surface area contributed by atoms with Gasteiger partial charge >= 0.3 is 0 Å². The van der Waals surface area contributed by atoms with Crippen LogP contribution in [-0.2, 0) is 16.1 Å². The summed E-state index contributed by atoms with van der Waals surface area (Å²) >= 11 is 0. The predicted molar refractivity (Wildman–Crippen MR) is 90.1 cm³/mol. The molecule has 2 fully saturated rings. The van der Waals surface area contributed by atoms with Crippen LogP contribution in [0.1, 0.15) is 38.4 Å². The van der Waals surface area contributed by atoms with E-state index in [1.165, 1.54) is 0 Å². The van der Waals surface area contributed by atoms with Gasteiger partial charge in [0.1, 0.15) is 5.76 Å². The summed E-state index contributed by atoms with van der Waals surface area (Å²) in [6, 6.07) is 3.60. The molecule has 1 atom stereocenters. The summed E-state index contributed by atoms with van der Waals surface area (Å²) in [6.07, 6.45) is 5.47. The summed E-state index contributed by atoms with van der Waals surface area (Å²) in [5.74, 6) is 1.13. The van der Waals surface area contributed by atoms with Crippen LogP contribution >= 0.6 is 0 Å². The van der Waals surface area contributed by atoms with E-state index in [1.54, 1.807) is 6.26 Å². The number of nitrogens with zero attached hydrogens (tertiary/aromatic N) is 2. The zero-order valence-electron chi connectivity index (χ0n) is 14.4. The molecule has 3 heterocycles. The van der Waals surface area contributed by atoms with Crippen LogP contribution in [0, 0.1) is 5.92 Å². The maximum Gasteiger partial charge on any atom is 0.239 e. The van der Waals surface area contributed by atoms with Gasteiger partial charge in [0, 0.05) is 19.0 Å². The fourth-order valence-electron chi connectivity index (χ4n) is 3.64. The van der Waals surface area contributed by atoms with Crippen LogP contribution < -0.4 is 5.32 Å². The highest BCUT2D eigenvalue weighted by molar-refractivity contribution is 5.82. The molecule has 6 heteroatoms. The number of carbonyl (C=O) groups is 2. The molecular weight excluding hydrogens is 306 g/mol. The van der Waals surface area contributed by atoms with E-state index in [9.17, 15) is 9.59 Å². The summed E-state index contributed by atoms with van der Waals surface area (Å²) < 4.78 is 5.23. The number of nitrogens with one attached hydrogen (secondary N) is 1. The number of likely N-dealkylation sites (tertiary alicyclic amines) is 2. The molecule has 2 saturated heterocycles. The SMILES string of the molecule is C[C@@H](C(=O)N1CCCC1)N1CCC(C(=O)NCc2ccco2)CC1. The Morgan fingerprint density at radius 2 is 1.96 bits per heavy atom. The maximum atomic E-state index is 12.5. The van der Waals surface area contributed by atoms with Gasteiger partial charge in [-0.25, -0.2) is 0 Å². The van der Waals surface area contributed by atoms with Crippen molar-refractivity contribution in [3.05, 3.63) is 24.2 Å². The first kappa shape index (κ1) is 17.0. The molecule has 24 heavy (non-hydrogen) atoms. The molecule has 0 spiro atoms. The molecule has 2 aliphatic rings. The average Bonchev–Trinajstić information content (AvgIpc) is 3.32. The minimum absolute atomic E-state index is 0.0327. The Hall–Kier alpha value is -1.82. The quantitative estimate of drug-likeness (QED) is 0.889. The van der Waals surface area contributed by atoms with Gasteiger partial charge in [0.25, 0.3) is 0 Å². The highest BCUT2D eigenvalue weighted by Gasteiger charge is 2.32. The molecule has 0 radical (unpaired) electrons. The lowest BCUT2D eigenvalue weighted by atomic mass is 9.95. The molecule has 2 aliphatic heterocycles. The van der Waals surface area contributed by atoms with Crippen molar-refractivity contribution in [1.82, 2.24) is 15.1 Å². The van der Waals surface area contributed by atoms with E-state index in [1.807, 2.05) is 24.0 Å². The zero-order chi connectivity index (χ0) is 16.9. The van der Waals surface area contributed by atoms with Crippen molar-refractivity contribution in [2.45, 2.75) is 45.2 Å². The van der Waals surface area contributed by atoms with E-state index in [-0.39, 0.29) is 23.8 Å². The molecule has 3 rings (SSSR count). The van der Waals surface area contributed by atoms with Crippen LogP contribution in [-0.4, -0.2) is 53.8 Å². The summed E-state index contributed by atoms with van der Waals surface area (Å²) in [5.41, 5.74) is 0. The molecule has 132 valence electrons. The van der Waals surface area contributed by atoms with Crippen molar-refractivity contribution in [2.24, 2.45) is 5.92 Å². The standard InChI is InChI=1S/C18H27N3O3/c1-14(18(23)21-8-2-3-9-21)20-10-6-15(7-11-20)17(22)19-13-16-5-4-12-24-16/h4-5,12,14-15H,2-3,6-11,13H2,1H3,(H,19,22)/t14-/m0/s1. The second-order valence-corrected chi connectivity index (χ2v) is 6.82. The normalized spacial score (nSPS) is 21.0. The van der Waals surface area contributed by atoms with Crippen LogP contribution in [0.5, 0.6) is 0 Å². The Morgan fingerprint density at radius 3 is 2.58 bits per heavy atom. The van der Waals surface area contributed by atoms with Crippen LogP contribution in [0.3, 0.4) is 0 Å². The van der Waals surface area contributed by atoms with Gasteiger partial charge in [-0.05, 0) is 57.8 Å². The molecule has 1 N–H and O–H groups in total. The van der Waals surface area contributed by atoms with Crippen LogP contribution in [0.4, 0.5) is 0 Å². The van der Waals surface area contributed by atoms with Crippen LogP contribution in [0.2, 0.25) is 0 Å². The number of hydrogen-bond donors (Lipinski definition) is 1. The summed E-state index contributed by atoms with van der Waals surface area (Å²) in [5, 5.41) is 2.94. The minimum atomic E-state index is -0.0739. The van der Waals surface area contributed by atoms with Crippen molar-refractivity contribution in [1.29, 1.82) is 0 Å². The second kappa shape index (κ2) is 7.83. The number of hydrogen-bond acceptors (Lipinski definition) is 4. The number of amides is 2. The highest BCUT2D eigenvalue weighted by Crippen LogP contribution is 2.21. The van der Waals surface area contributed by atoms with Crippen LogP contribution in [0.15, 0.2) is 22.8 Å². The smallest absolute Gasteiger partial charge is 0.239 e. The maximum absolute atomic E-state index is 12.5. The van der Waals surface area contributed by atoms with E-state index < -0.39 is 0 Å². The van der Waals surface area contributed by atoms with E-state index >= 15 is 0 Å². The van der Waals surface area contributed by atoms with E-state index in [2.05, 4.69) is 10.2 Å². The molecule has 0 bridgehead atoms. The van der Waals surface area contributed by atoms with Gasteiger partial charge in [-0.1, -0.05) is 0 Å². The predicted octanol–water partition coefficient (Wildman–Crippen LogP) is 1.62. The molecule has 0 unspecified atom stereocenters. The first-order chi connectivity index (χ1) is 11.6. The van der Waals surface area contributed by atoms with Crippen molar-refractivity contribution < 1.29 is 14.0 Å². The summed E-state index contributed by atoms with van der Waals surface area (Å²) in [7, 11) is 0. The number of carbonyl (C=O) groups excluding carboxylic acids is 2. The van der Waals surface area contributed by atoms with Gasteiger partial charge in [0.05, 0.1) is 18.8 Å². The molecular formula is C18H27N3O3. The molecule has 6 nitrogen and oxygen atoms in total. The Morgan fingerprint density at radius 1 is 1.25 bits per heavy atom. The summed E-state index contributed by atoms with van der Waals surface area (Å²) in [6.45, 7) is 5.84. The number of piperidine rings is 1. The van der Waals surface area contributed by atoms with Gasteiger partial charge in [0.2, 0.25) is 11.8 Å². The Kier molecular flexibility index (Phi) is 5.56. The Labute approximate surface area is 143 Å². The topological polar surface area (TPSA) is 65.8 Å². The number of rotatable bonds is 5. The van der Waals surface area contributed by atoms with Gasteiger partial charge < -0.3 is 14.6 Å². The molecule has 2 amide bonds. The monoisotopic (exact) mass is 333 g/mol. The lowest BCUT2D eigenvalue weighted by molar-refractivity contribution is -0.136. The Balaban J connectivity index is 1.43. The highest BCUT2D eigenvalue weighted by atomic mass is 16.3. The minimum Gasteiger partial charge on any atom is -0.467 e. The Bertz CT molecular complexity index is 544. The number of furan rings is 1. The van der Waals surface area contributed by atoms with Crippen molar-refractivity contribution in [3.63, 3.8) is 0 Å². The molecule has 1 aromatic heterocycles. The molecule has 1 aromatic rings. The fraction of sp³-hybridized carbons (Fsp3) is 0.667. The van der Waals surface area contributed by atoms with E-state index in [0.29, 0.717) is 6.54 Å². The first-order valence-electron chi connectivity index (χ1n) is 8.98.